The predicted molar refractivity (Wildman–Crippen MR) is 81.7 cm³/mol. The molecular weight excluding hydrogens is 312 g/mol. The number of halogens is 1. The molecule has 1 atom stereocenters. The predicted octanol–water partition coefficient (Wildman–Crippen LogP) is 5.76. The van der Waals surface area contributed by atoms with Crippen LogP contribution in [0.25, 0.3) is 10.1 Å². The number of benzene rings is 1. The van der Waals surface area contributed by atoms with Gasteiger partial charge in [0.2, 0.25) is 0 Å². The summed E-state index contributed by atoms with van der Waals surface area (Å²) in [5.74, 6) is 0. The molecule has 0 aliphatic carbocycles. The summed E-state index contributed by atoms with van der Waals surface area (Å²) in [6.45, 7) is 2.15. The van der Waals surface area contributed by atoms with Gasteiger partial charge < -0.3 is 0 Å². The highest BCUT2D eigenvalue weighted by atomic mass is 79.9. The Balaban J connectivity index is 2.03. The minimum atomic E-state index is 0.332. The maximum atomic E-state index is 3.81. The minimum absolute atomic E-state index is 0.332. The first-order chi connectivity index (χ1) is 8.24. The van der Waals surface area contributed by atoms with Crippen molar-refractivity contribution in [1.82, 2.24) is 0 Å². The molecule has 3 rings (SSSR count). The smallest absolute Gasteiger partial charge is 0.0831 e. The van der Waals surface area contributed by atoms with Crippen LogP contribution in [-0.2, 0) is 0 Å². The van der Waals surface area contributed by atoms with E-state index in [1.807, 2.05) is 22.7 Å². The molecule has 0 aliphatic rings. The van der Waals surface area contributed by atoms with E-state index in [9.17, 15) is 0 Å². The van der Waals surface area contributed by atoms with Gasteiger partial charge in [0, 0.05) is 19.3 Å². The Morgan fingerprint density at radius 1 is 1.00 bits per heavy atom. The van der Waals surface area contributed by atoms with Crippen LogP contribution in [0.3, 0.4) is 0 Å². The molecule has 0 nitrogen and oxygen atoms in total. The average Bonchev–Trinajstić information content (AvgIpc) is 2.93. The molecule has 0 amide bonds. The number of alkyl halides is 1. The lowest BCUT2D eigenvalue weighted by molar-refractivity contribution is 1.29. The van der Waals surface area contributed by atoms with Crippen LogP contribution in [0.4, 0.5) is 0 Å². The van der Waals surface area contributed by atoms with E-state index >= 15 is 0 Å². The first-order valence-corrected chi connectivity index (χ1v) is 7.98. The molecule has 0 fully saturated rings. The summed E-state index contributed by atoms with van der Waals surface area (Å²) < 4.78 is 1.36. The molecule has 0 saturated carbocycles. The molecule has 0 saturated heterocycles. The first-order valence-electron chi connectivity index (χ1n) is 5.43. The van der Waals surface area contributed by atoms with Crippen molar-refractivity contribution in [3.63, 3.8) is 0 Å². The Labute approximate surface area is 117 Å². The zero-order valence-corrected chi connectivity index (χ0v) is 12.5. The third-order valence-corrected chi connectivity index (χ3v) is 6.54. The molecule has 86 valence electrons. The summed E-state index contributed by atoms with van der Waals surface area (Å²) in [5.41, 5.74) is 0. The van der Waals surface area contributed by atoms with Crippen molar-refractivity contribution < 1.29 is 0 Å². The van der Waals surface area contributed by atoms with Crippen LogP contribution in [-0.4, -0.2) is 0 Å². The Hall–Kier alpha value is -0.640. The molecule has 17 heavy (non-hydrogen) atoms. The molecule has 3 heteroatoms. The Morgan fingerprint density at radius 2 is 1.82 bits per heavy atom. The molecule has 0 spiro atoms. The molecule has 0 N–H and O–H groups in total. The van der Waals surface area contributed by atoms with Gasteiger partial charge in [0.25, 0.3) is 0 Å². The largest absolute Gasteiger partial charge is 0.144 e. The summed E-state index contributed by atoms with van der Waals surface area (Å²) in [5, 5.41) is 1.34. The molecule has 2 aromatic heterocycles. The van der Waals surface area contributed by atoms with Gasteiger partial charge in [-0.2, -0.15) is 0 Å². The summed E-state index contributed by atoms with van der Waals surface area (Å²) in [6, 6.07) is 15.2. The number of rotatable bonds is 2. The summed E-state index contributed by atoms with van der Waals surface area (Å²) >= 11 is 7.54. The topological polar surface area (TPSA) is 0 Å². The van der Waals surface area contributed by atoms with Crippen molar-refractivity contribution in [2.24, 2.45) is 0 Å². The lowest BCUT2D eigenvalue weighted by Gasteiger charge is -2.03. The normalized spacial score (nSPS) is 13.1. The van der Waals surface area contributed by atoms with E-state index in [2.05, 4.69) is 65.3 Å². The fraction of sp³-hybridized carbons (Fsp3) is 0.143. The van der Waals surface area contributed by atoms with E-state index in [4.69, 9.17) is 0 Å². The van der Waals surface area contributed by atoms with Crippen LogP contribution in [0.5, 0.6) is 0 Å². The molecule has 0 radical (unpaired) electrons. The van der Waals surface area contributed by atoms with E-state index in [0.717, 1.165) is 0 Å². The zero-order valence-electron chi connectivity index (χ0n) is 9.31. The molecule has 1 aromatic carbocycles. The highest BCUT2D eigenvalue weighted by Gasteiger charge is 2.14. The minimum Gasteiger partial charge on any atom is -0.144 e. The third kappa shape index (κ3) is 2.19. The maximum Gasteiger partial charge on any atom is 0.0831 e. The van der Waals surface area contributed by atoms with Crippen LogP contribution in [0.1, 0.15) is 19.5 Å². The SMILES string of the molecule is Cc1ccc(C(Br)c2cc3ccccc3s2)s1. The van der Waals surface area contributed by atoms with Gasteiger partial charge >= 0.3 is 0 Å². The number of fused-ring (bicyclic) bond motifs is 1. The third-order valence-electron chi connectivity index (χ3n) is 2.71. The van der Waals surface area contributed by atoms with Crippen LogP contribution in [0, 0.1) is 6.92 Å². The fourth-order valence-electron chi connectivity index (χ4n) is 1.86. The average molecular weight is 323 g/mol. The maximum absolute atomic E-state index is 3.81. The fourth-order valence-corrected chi connectivity index (χ4v) is 4.71. The second-order valence-electron chi connectivity index (χ2n) is 4.00. The quantitative estimate of drug-likeness (QED) is 0.526. The van der Waals surface area contributed by atoms with Gasteiger partial charge in [-0.25, -0.2) is 0 Å². The van der Waals surface area contributed by atoms with Gasteiger partial charge in [0.1, 0.15) is 0 Å². The van der Waals surface area contributed by atoms with Gasteiger partial charge in [-0.1, -0.05) is 34.1 Å². The van der Waals surface area contributed by atoms with E-state index in [1.54, 1.807) is 0 Å². The van der Waals surface area contributed by atoms with Crippen molar-refractivity contribution in [2.45, 2.75) is 11.8 Å². The standard InChI is InChI=1S/C14H11BrS2/c1-9-6-7-12(16-9)14(15)13-8-10-4-2-3-5-11(10)17-13/h2-8,14H,1H3. The number of thiophene rings is 2. The Morgan fingerprint density at radius 3 is 2.53 bits per heavy atom. The zero-order chi connectivity index (χ0) is 11.8. The molecule has 0 aliphatic heterocycles. The second kappa shape index (κ2) is 4.56. The summed E-state index contributed by atoms with van der Waals surface area (Å²) in [6.07, 6.45) is 0. The first kappa shape index (κ1) is 11.5. The molecule has 2 heterocycles. The van der Waals surface area contributed by atoms with E-state index < -0.39 is 0 Å². The van der Waals surface area contributed by atoms with Crippen molar-refractivity contribution >= 4 is 48.7 Å². The van der Waals surface area contributed by atoms with Crippen LogP contribution >= 0.6 is 38.6 Å². The van der Waals surface area contributed by atoms with Crippen molar-refractivity contribution in [3.05, 3.63) is 57.1 Å². The van der Waals surface area contributed by atoms with Gasteiger partial charge in [-0.05, 0) is 36.6 Å². The van der Waals surface area contributed by atoms with E-state index in [1.165, 1.54) is 24.7 Å². The molecule has 1 unspecified atom stereocenters. The van der Waals surface area contributed by atoms with Gasteiger partial charge in [-0.3, -0.25) is 0 Å². The monoisotopic (exact) mass is 322 g/mol. The van der Waals surface area contributed by atoms with Crippen LogP contribution < -0.4 is 0 Å². The summed E-state index contributed by atoms with van der Waals surface area (Å²) in [4.78, 5) is 4.46. The van der Waals surface area contributed by atoms with Crippen LogP contribution in [0.15, 0.2) is 42.5 Å². The van der Waals surface area contributed by atoms with Gasteiger partial charge in [0.05, 0.1) is 4.83 Å². The lowest BCUT2D eigenvalue weighted by atomic mass is 10.2. The van der Waals surface area contributed by atoms with Crippen molar-refractivity contribution in [3.8, 4) is 0 Å². The van der Waals surface area contributed by atoms with Crippen molar-refractivity contribution in [1.29, 1.82) is 0 Å². The number of aryl methyl sites for hydroxylation is 1. The molecular formula is C14H11BrS2. The molecule has 3 aromatic rings. The lowest BCUT2D eigenvalue weighted by Crippen LogP contribution is -1.83. The van der Waals surface area contributed by atoms with Crippen LogP contribution in [0.2, 0.25) is 0 Å². The Kier molecular flexibility index (Phi) is 3.07. The summed E-state index contributed by atoms with van der Waals surface area (Å²) in [7, 11) is 0. The highest BCUT2D eigenvalue weighted by molar-refractivity contribution is 9.09. The van der Waals surface area contributed by atoms with Gasteiger partial charge in [0.15, 0.2) is 0 Å². The Bertz CT molecular complexity index is 618. The number of hydrogen-bond donors (Lipinski definition) is 0. The molecule has 0 bridgehead atoms. The van der Waals surface area contributed by atoms with Crippen molar-refractivity contribution in [2.75, 3.05) is 0 Å². The van der Waals surface area contributed by atoms with E-state index in [-0.39, 0.29) is 0 Å². The number of hydrogen-bond acceptors (Lipinski definition) is 2. The second-order valence-corrected chi connectivity index (χ2v) is 7.35. The van der Waals surface area contributed by atoms with Gasteiger partial charge in [-0.15, -0.1) is 22.7 Å². The van der Waals surface area contributed by atoms with E-state index in [0.29, 0.717) is 4.83 Å². The highest BCUT2D eigenvalue weighted by Crippen LogP contribution is 2.40.